The third kappa shape index (κ3) is 4.06. The van der Waals surface area contributed by atoms with E-state index in [1.165, 1.54) is 19.4 Å². The highest BCUT2D eigenvalue weighted by Crippen LogP contribution is 2.27. The number of anilines is 2. The minimum atomic E-state index is 0.473. The molecule has 0 radical (unpaired) electrons. The highest BCUT2D eigenvalue weighted by molar-refractivity contribution is 5.49. The SMILES string of the molecule is CCN1CCCC(c2cc(Nc3nc(C)cc(C)n3)nc(C)n2)C1. The minimum absolute atomic E-state index is 0.473. The zero-order chi connectivity index (χ0) is 17.1. The monoisotopic (exact) mass is 326 g/mol. The Morgan fingerprint density at radius 2 is 1.83 bits per heavy atom. The number of likely N-dealkylation sites (N-methyl/N-ethyl adjacent to an activating group) is 1. The van der Waals surface area contributed by atoms with Gasteiger partial charge >= 0.3 is 0 Å². The third-order valence-corrected chi connectivity index (χ3v) is 4.45. The van der Waals surface area contributed by atoms with Gasteiger partial charge in [0.15, 0.2) is 0 Å². The fourth-order valence-corrected chi connectivity index (χ4v) is 3.34. The van der Waals surface area contributed by atoms with Crippen LogP contribution in [0.4, 0.5) is 11.8 Å². The normalized spacial score (nSPS) is 18.6. The molecule has 1 aliphatic heterocycles. The van der Waals surface area contributed by atoms with E-state index in [1.807, 2.05) is 26.8 Å². The summed E-state index contributed by atoms with van der Waals surface area (Å²) in [6, 6.07) is 4.01. The summed E-state index contributed by atoms with van der Waals surface area (Å²) in [5, 5.41) is 3.24. The second-order valence-electron chi connectivity index (χ2n) is 6.56. The van der Waals surface area contributed by atoms with Gasteiger partial charge < -0.3 is 10.2 Å². The summed E-state index contributed by atoms with van der Waals surface area (Å²) in [7, 11) is 0. The minimum Gasteiger partial charge on any atom is -0.309 e. The van der Waals surface area contributed by atoms with Crippen LogP contribution in [0.2, 0.25) is 0 Å². The number of likely N-dealkylation sites (tertiary alicyclic amines) is 1. The zero-order valence-corrected chi connectivity index (χ0v) is 15.0. The molecule has 0 amide bonds. The van der Waals surface area contributed by atoms with Crippen LogP contribution in [0.5, 0.6) is 0 Å². The predicted molar refractivity (Wildman–Crippen MR) is 95.6 cm³/mol. The molecule has 1 unspecified atom stereocenters. The Labute approximate surface area is 143 Å². The van der Waals surface area contributed by atoms with Crippen LogP contribution in [0.25, 0.3) is 0 Å². The van der Waals surface area contributed by atoms with Gasteiger partial charge in [0.25, 0.3) is 0 Å². The Hall–Kier alpha value is -2.08. The molecular weight excluding hydrogens is 300 g/mol. The van der Waals surface area contributed by atoms with E-state index in [9.17, 15) is 0 Å². The summed E-state index contributed by atoms with van der Waals surface area (Å²) >= 11 is 0. The first-order chi connectivity index (χ1) is 11.5. The molecule has 0 saturated carbocycles. The first kappa shape index (κ1) is 16.8. The molecule has 6 nitrogen and oxygen atoms in total. The summed E-state index contributed by atoms with van der Waals surface area (Å²) in [5.74, 6) is 2.63. The van der Waals surface area contributed by atoms with Crippen LogP contribution in [0.15, 0.2) is 12.1 Å². The number of nitrogens with zero attached hydrogens (tertiary/aromatic N) is 5. The number of piperidine rings is 1. The van der Waals surface area contributed by atoms with Crippen molar-refractivity contribution in [3.8, 4) is 0 Å². The number of nitrogens with one attached hydrogen (secondary N) is 1. The van der Waals surface area contributed by atoms with Crippen LogP contribution in [0.3, 0.4) is 0 Å². The van der Waals surface area contributed by atoms with Crippen LogP contribution >= 0.6 is 0 Å². The molecule has 2 aromatic rings. The molecule has 0 bridgehead atoms. The lowest BCUT2D eigenvalue weighted by molar-refractivity contribution is 0.216. The summed E-state index contributed by atoms with van der Waals surface area (Å²) in [4.78, 5) is 20.6. The van der Waals surface area contributed by atoms with Gasteiger partial charge in [0.05, 0.1) is 5.69 Å². The molecule has 0 aromatic carbocycles. The van der Waals surface area contributed by atoms with Gasteiger partial charge in [-0.25, -0.2) is 19.9 Å². The van der Waals surface area contributed by atoms with Gasteiger partial charge in [0.1, 0.15) is 11.6 Å². The molecule has 1 fully saturated rings. The Balaban J connectivity index is 1.83. The fraction of sp³-hybridized carbons (Fsp3) is 0.556. The number of hydrogen-bond acceptors (Lipinski definition) is 6. The molecular formula is C18H26N6. The van der Waals surface area contributed by atoms with Crippen LogP contribution in [0, 0.1) is 20.8 Å². The molecule has 128 valence electrons. The average Bonchev–Trinajstić information content (AvgIpc) is 2.53. The molecule has 1 N–H and O–H groups in total. The van der Waals surface area contributed by atoms with Crippen LogP contribution in [0.1, 0.15) is 48.6 Å². The first-order valence-electron chi connectivity index (χ1n) is 8.70. The Kier molecular flexibility index (Phi) is 5.04. The van der Waals surface area contributed by atoms with E-state index < -0.39 is 0 Å². The maximum atomic E-state index is 4.68. The van der Waals surface area contributed by atoms with Gasteiger partial charge in [-0.15, -0.1) is 0 Å². The first-order valence-corrected chi connectivity index (χ1v) is 8.70. The highest BCUT2D eigenvalue weighted by atomic mass is 15.2. The number of hydrogen-bond donors (Lipinski definition) is 1. The molecule has 1 saturated heterocycles. The summed E-state index contributed by atoms with van der Waals surface area (Å²) in [6.45, 7) is 11.5. The van der Waals surface area contributed by atoms with Gasteiger partial charge in [-0.2, -0.15) is 0 Å². The summed E-state index contributed by atoms with van der Waals surface area (Å²) in [6.07, 6.45) is 2.41. The van der Waals surface area contributed by atoms with E-state index in [2.05, 4.69) is 43.1 Å². The second-order valence-corrected chi connectivity index (χ2v) is 6.56. The maximum absolute atomic E-state index is 4.68. The van der Waals surface area contributed by atoms with Gasteiger partial charge in [0.2, 0.25) is 5.95 Å². The molecule has 3 rings (SSSR count). The van der Waals surface area contributed by atoms with Crippen LogP contribution in [-0.4, -0.2) is 44.5 Å². The molecule has 1 atom stereocenters. The van der Waals surface area contributed by atoms with Gasteiger partial charge in [0, 0.05) is 29.9 Å². The van der Waals surface area contributed by atoms with Crippen molar-refractivity contribution < 1.29 is 0 Å². The van der Waals surface area contributed by atoms with Crippen molar-refractivity contribution in [1.82, 2.24) is 24.8 Å². The Morgan fingerprint density at radius 1 is 1.08 bits per heavy atom. The van der Waals surface area contributed by atoms with Gasteiger partial charge in [-0.1, -0.05) is 6.92 Å². The van der Waals surface area contributed by atoms with E-state index in [1.54, 1.807) is 0 Å². The molecule has 2 aromatic heterocycles. The van der Waals surface area contributed by atoms with Crippen molar-refractivity contribution in [2.75, 3.05) is 25.0 Å². The lowest BCUT2D eigenvalue weighted by atomic mass is 9.94. The van der Waals surface area contributed by atoms with Crippen molar-refractivity contribution in [2.24, 2.45) is 0 Å². The second kappa shape index (κ2) is 7.21. The molecule has 0 spiro atoms. The molecule has 1 aliphatic rings. The summed E-state index contributed by atoms with van der Waals surface area (Å²) in [5.41, 5.74) is 3.01. The largest absolute Gasteiger partial charge is 0.309 e. The summed E-state index contributed by atoms with van der Waals surface area (Å²) < 4.78 is 0. The van der Waals surface area contributed by atoms with Crippen molar-refractivity contribution in [3.63, 3.8) is 0 Å². The quantitative estimate of drug-likeness (QED) is 0.931. The maximum Gasteiger partial charge on any atom is 0.228 e. The van der Waals surface area contributed by atoms with E-state index in [0.29, 0.717) is 11.9 Å². The number of aromatic nitrogens is 4. The van der Waals surface area contributed by atoms with Gasteiger partial charge in [-0.3, -0.25) is 0 Å². The fourth-order valence-electron chi connectivity index (χ4n) is 3.34. The van der Waals surface area contributed by atoms with E-state index in [-0.39, 0.29) is 0 Å². The van der Waals surface area contributed by atoms with Crippen molar-refractivity contribution in [2.45, 2.75) is 46.5 Å². The van der Waals surface area contributed by atoms with Crippen LogP contribution < -0.4 is 5.32 Å². The van der Waals surface area contributed by atoms with Gasteiger partial charge in [-0.05, 0) is 52.8 Å². The Bertz CT molecular complexity index is 694. The van der Waals surface area contributed by atoms with E-state index in [4.69, 9.17) is 0 Å². The number of aryl methyl sites for hydroxylation is 3. The van der Waals surface area contributed by atoms with Crippen LogP contribution in [-0.2, 0) is 0 Å². The highest BCUT2D eigenvalue weighted by Gasteiger charge is 2.22. The molecule has 6 heteroatoms. The molecule has 3 heterocycles. The average molecular weight is 326 g/mol. The lowest BCUT2D eigenvalue weighted by Gasteiger charge is -2.31. The van der Waals surface area contributed by atoms with Crippen molar-refractivity contribution in [1.29, 1.82) is 0 Å². The standard InChI is InChI=1S/C18H26N6/c1-5-24-8-6-7-15(11-24)16-10-17(22-14(4)21-16)23-18-19-12(2)9-13(3)20-18/h9-10,15H,5-8,11H2,1-4H3,(H,19,20,21,22,23). The predicted octanol–water partition coefficient (Wildman–Crippen LogP) is 3.13. The van der Waals surface area contributed by atoms with Crippen molar-refractivity contribution in [3.05, 3.63) is 35.0 Å². The topological polar surface area (TPSA) is 66.8 Å². The number of rotatable bonds is 4. The van der Waals surface area contributed by atoms with Crippen molar-refractivity contribution >= 4 is 11.8 Å². The van der Waals surface area contributed by atoms with E-state index in [0.717, 1.165) is 41.8 Å². The smallest absolute Gasteiger partial charge is 0.228 e. The molecule has 0 aliphatic carbocycles. The Morgan fingerprint density at radius 3 is 2.54 bits per heavy atom. The lowest BCUT2D eigenvalue weighted by Crippen LogP contribution is -2.34. The zero-order valence-electron chi connectivity index (χ0n) is 15.0. The van der Waals surface area contributed by atoms with E-state index >= 15 is 0 Å². The third-order valence-electron chi connectivity index (χ3n) is 4.45. The molecule has 24 heavy (non-hydrogen) atoms.